The molecule has 0 aliphatic heterocycles. The van der Waals surface area contributed by atoms with Crippen molar-refractivity contribution in [3.8, 4) is 0 Å². The van der Waals surface area contributed by atoms with Gasteiger partial charge in [0.1, 0.15) is 0 Å². The van der Waals surface area contributed by atoms with E-state index in [1.165, 1.54) is 0 Å². The maximum atomic E-state index is 13.4. The highest BCUT2D eigenvalue weighted by Gasteiger charge is 2.15. The number of nitrogens with zero attached hydrogens (tertiary/aromatic N) is 1. The Hall–Kier alpha value is -1.98. The van der Waals surface area contributed by atoms with Gasteiger partial charge in [-0.25, -0.2) is 9.37 Å². The third-order valence-electron chi connectivity index (χ3n) is 1.76. The monoisotopic (exact) mass is 225 g/mol. The Bertz CT molecular complexity index is 432. The van der Waals surface area contributed by atoms with Crippen LogP contribution in [0.3, 0.4) is 0 Å². The maximum Gasteiger partial charge on any atom is 0.273 e. The van der Waals surface area contributed by atoms with Crippen molar-refractivity contribution < 1.29 is 14.0 Å². The highest BCUT2D eigenvalue weighted by molar-refractivity contribution is 5.95. The fourth-order valence-corrected chi connectivity index (χ4v) is 1.07. The van der Waals surface area contributed by atoms with E-state index < -0.39 is 17.6 Å². The van der Waals surface area contributed by atoms with Gasteiger partial charge in [-0.15, -0.1) is 0 Å². The van der Waals surface area contributed by atoms with E-state index in [2.05, 4.69) is 10.3 Å². The molecule has 0 saturated carbocycles. The first-order valence-corrected chi connectivity index (χ1v) is 4.68. The smallest absolute Gasteiger partial charge is 0.273 e. The molecule has 1 aromatic heterocycles. The highest BCUT2D eigenvalue weighted by Crippen LogP contribution is 2.07. The van der Waals surface area contributed by atoms with Crippen molar-refractivity contribution in [1.82, 2.24) is 10.3 Å². The van der Waals surface area contributed by atoms with Crippen LogP contribution in [0.2, 0.25) is 0 Å². The number of nitrogens with two attached hydrogens (primary N) is 1. The summed E-state index contributed by atoms with van der Waals surface area (Å²) in [5, 5.41) is 2.49. The Morgan fingerprint density at radius 3 is 2.56 bits per heavy atom. The molecule has 16 heavy (non-hydrogen) atoms. The minimum absolute atomic E-state index is 0.0707. The molecule has 1 aromatic rings. The fourth-order valence-electron chi connectivity index (χ4n) is 1.07. The number of carbonyl (C=O) groups excluding carboxylic acids is 2. The molecule has 0 spiro atoms. The Morgan fingerprint density at radius 1 is 1.50 bits per heavy atom. The second-order valence-corrected chi connectivity index (χ2v) is 3.55. The first-order chi connectivity index (χ1) is 7.41. The van der Waals surface area contributed by atoms with Gasteiger partial charge < -0.3 is 11.1 Å². The Kier molecular flexibility index (Phi) is 3.55. The molecule has 6 heteroatoms. The molecule has 5 nitrogen and oxygen atoms in total. The normalized spacial score (nSPS) is 10.2. The van der Waals surface area contributed by atoms with Crippen LogP contribution in [0.4, 0.5) is 4.39 Å². The van der Waals surface area contributed by atoms with Crippen molar-refractivity contribution in [2.75, 3.05) is 0 Å². The van der Waals surface area contributed by atoms with Gasteiger partial charge in [0.25, 0.3) is 5.91 Å². The SMILES string of the molecule is CC(C)NC(=O)c1ncc(C(N)=O)cc1F. The summed E-state index contributed by atoms with van der Waals surface area (Å²) < 4.78 is 13.4. The summed E-state index contributed by atoms with van der Waals surface area (Å²) in [7, 11) is 0. The van der Waals surface area contributed by atoms with Crippen LogP contribution in [0.25, 0.3) is 0 Å². The van der Waals surface area contributed by atoms with Crippen LogP contribution in [-0.2, 0) is 0 Å². The maximum absolute atomic E-state index is 13.4. The molecule has 0 saturated heterocycles. The molecule has 0 aliphatic rings. The number of halogens is 1. The van der Waals surface area contributed by atoms with Crippen molar-refractivity contribution in [3.63, 3.8) is 0 Å². The van der Waals surface area contributed by atoms with E-state index in [0.717, 1.165) is 12.3 Å². The zero-order chi connectivity index (χ0) is 12.3. The van der Waals surface area contributed by atoms with Crippen LogP contribution in [-0.4, -0.2) is 22.8 Å². The van der Waals surface area contributed by atoms with Crippen LogP contribution >= 0.6 is 0 Å². The standard InChI is InChI=1S/C10H12FN3O2/c1-5(2)14-10(16)8-7(11)3-6(4-13-8)9(12)15/h3-5H,1-2H3,(H2,12,15)(H,14,16). The van der Waals surface area contributed by atoms with Crippen molar-refractivity contribution >= 4 is 11.8 Å². The number of hydrogen-bond donors (Lipinski definition) is 2. The number of hydrogen-bond acceptors (Lipinski definition) is 3. The molecule has 1 heterocycles. The molecule has 86 valence electrons. The fraction of sp³-hybridized carbons (Fsp3) is 0.300. The van der Waals surface area contributed by atoms with Gasteiger partial charge in [-0.3, -0.25) is 9.59 Å². The number of rotatable bonds is 3. The van der Waals surface area contributed by atoms with E-state index in [0.29, 0.717) is 0 Å². The van der Waals surface area contributed by atoms with Crippen LogP contribution in [0.1, 0.15) is 34.7 Å². The number of nitrogens with one attached hydrogen (secondary N) is 1. The molecule has 0 aromatic carbocycles. The minimum atomic E-state index is -0.866. The number of pyridine rings is 1. The number of carbonyl (C=O) groups is 2. The molecule has 3 N–H and O–H groups in total. The second kappa shape index (κ2) is 4.69. The lowest BCUT2D eigenvalue weighted by Gasteiger charge is -2.08. The average Bonchev–Trinajstić information content (AvgIpc) is 2.15. The van der Waals surface area contributed by atoms with Gasteiger partial charge >= 0.3 is 0 Å². The molecule has 0 radical (unpaired) electrons. The zero-order valence-electron chi connectivity index (χ0n) is 8.95. The topological polar surface area (TPSA) is 85.1 Å². The van der Waals surface area contributed by atoms with Gasteiger partial charge in [0, 0.05) is 12.2 Å². The van der Waals surface area contributed by atoms with E-state index >= 15 is 0 Å². The van der Waals surface area contributed by atoms with Crippen LogP contribution < -0.4 is 11.1 Å². The van der Waals surface area contributed by atoms with Crippen molar-refractivity contribution in [2.45, 2.75) is 19.9 Å². The molecular formula is C10H12FN3O2. The predicted molar refractivity (Wildman–Crippen MR) is 55.3 cm³/mol. The summed E-state index contributed by atoms with van der Waals surface area (Å²) in [4.78, 5) is 25.7. The second-order valence-electron chi connectivity index (χ2n) is 3.55. The summed E-state index contributed by atoms with van der Waals surface area (Å²) in [6, 6.07) is 0.773. The van der Waals surface area contributed by atoms with Gasteiger partial charge in [0.15, 0.2) is 11.5 Å². The molecule has 2 amide bonds. The number of aromatic nitrogens is 1. The van der Waals surface area contributed by atoms with E-state index in [4.69, 9.17) is 5.73 Å². The first-order valence-electron chi connectivity index (χ1n) is 4.68. The Morgan fingerprint density at radius 2 is 2.12 bits per heavy atom. The van der Waals surface area contributed by atoms with Crippen molar-refractivity contribution in [1.29, 1.82) is 0 Å². The zero-order valence-corrected chi connectivity index (χ0v) is 8.95. The van der Waals surface area contributed by atoms with Gasteiger partial charge in [-0.2, -0.15) is 0 Å². The van der Waals surface area contributed by atoms with Gasteiger partial charge in [0.2, 0.25) is 5.91 Å². The van der Waals surface area contributed by atoms with Crippen LogP contribution in [0.15, 0.2) is 12.3 Å². The highest BCUT2D eigenvalue weighted by atomic mass is 19.1. The lowest BCUT2D eigenvalue weighted by atomic mass is 10.2. The molecule has 0 unspecified atom stereocenters. The Labute approximate surface area is 91.9 Å². The lowest BCUT2D eigenvalue weighted by molar-refractivity contribution is 0.0930. The largest absolute Gasteiger partial charge is 0.366 e. The molecule has 0 atom stereocenters. The quantitative estimate of drug-likeness (QED) is 0.783. The predicted octanol–water partition coefficient (Wildman–Crippen LogP) is 0.458. The first kappa shape index (κ1) is 12.1. The third kappa shape index (κ3) is 2.75. The Balaban J connectivity index is 2.99. The van der Waals surface area contributed by atoms with E-state index in [1.807, 2.05) is 0 Å². The minimum Gasteiger partial charge on any atom is -0.366 e. The molecule has 0 fully saturated rings. The third-order valence-corrected chi connectivity index (χ3v) is 1.76. The number of amides is 2. The van der Waals surface area contributed by atoms with E-state index in [9.17, 15) is 14.0 Å². The number of primary amides is 1. The van der Waals surface area contributed by atoms with Crippen molar-refractivity contribution in [2.24, 2.45) is 5.73 Å². The van der Waals surface area contributed by atoms with Gasteiger partial charge in [-0.1, -0.05) is 0 Å². The summed E-state index contributed by atoms with van der Waals surface area (Å²) in [6.07, 6.45) is 1.07. The molecule has 0 aliphatic carbocycles. The van der Waals surface area contributed by atoms with Crippen LogP contribution in [0.5, 0.6) is 0 Å². The van der Waals surface area contributed by atoms with Gasteiger partial charge in [0.05, 0.1) is 5.56 Å². The summed E-state index contributed by atoms with van der Waals surface area (Å²) >= 11 is 0. The summed E-state index contributed by atoms with van der Waals surface area (Å²) in [6.45, 7) is 3.49. The molecular weight excluding hydrogens is 213 g/mol. The molecule has 0 bridgehead atoms. The van der Waals surface area contributed by atoms with Crippen LogP contribution in [0, 0.1) is 5.82 Å². The summed E-state index contributed by atoms with van der Waals surface area (Å²) in [5.74, 6) is -2.28. The van der Waals surface area contributed by atoms with Gasteiger partial charge in [-0.05, 0) is 19.9 Å². The van der Waals surface area contributed by atoms with Crippen molar-refractivity contribution in [3.05, 3.63) is 29.3 Å². The van der Waals surface area contributed by atoms with E-state index in [-0.39, 0.29) is 17.3 Å². The molecule has 1 rings (SSSR count). The lowest BCUT2D eigenvalue weighted by Crippen LogP contribution is -2.31. The van der Waals surface area contributed by atoms with E-state index in [1.54, 1.807) is 13.8 Å². The summed E-state index contributed by atoms with van der Waals surface area (Å²) in [5.41, 5.74) is 4.52. The average molecular weight is 225 g/mol.